The molecule has 0 saturated carbocycles. The third-order valence-electron chi connectivity index (χ3n) is 4.96. The van der Waals surface area contributed by atoms with Crippen LogP contribution in [0.5, 0.6) is 0 Å². The summed E-state index contributed by atoms with van der Waals surface area (Å²) in [7, 11) is 0. The first-order valence-corrected chi connectivity index (χ1v) is 12.1. The van der Waals surface area contributed by atoms with Gasteiger partial charge in [-0.15, -0.1) is 10.2 Å². The summed E-state index contributed by atoms with van der Waals surface area (Å²) in [5, 5.41) is 13.0. The molecule has 0 aliphatic rings. The van der Waals surface area contributed by atoms with E-state index in [4.69, 9.17) is 0 Å². The van der Waals surface area contributed by atoms with Crippen molar-refractivity contribution in [2.24, 2.45) is 0 Å². The fraction of sp³-hybridized carbons (Fsp3) is 0.125. The van der Waals surface area contributed by atoms with Gasteiger partial charge in [0, 0.05) is 18.0 Å². The van der Waals surface area contributed by atoms with Crippen LogP contribution in [0.1, 0.15) is 11.1 Å². The van der Waals surface area contributed by atoms with Gasteiger partial charge in [-0.25, -0.2) is 4.98 Å². The van der Waals surface area contributed by atoms with E-state index in [2.05, 4.69) is 43.7 Å². The lowest BCUT2D eigenvalue weighted by atomic mass is 10.2. The second-order valence-electron chi connectivity index (χ2n) is 7.44. The van der Waals surface area contributed by atoms with E-state index in [-0.39, 0.29) is 11.7 Å². The lowest BCUT2D eigenvalue weighted by Crippen LogP contribution is -2.14. The van der Waals surface area contributed by atoms with Gasteiger partial charge in [-0.2, -0.15) is 0 Å². The van der Waals surface area contributed by atoms with Crippen molar-refractivity contribution in [3.8, 4) is 11.4 Å². The Hall–Kier alpha value is -3.56. The molecule has 1 amide bonds. The fourth-order valence-corrected chi connectivity index (χ4v) is 5.11. The van der Waals surface area contributed by atoms with E-state index in [1.165, 1.54) is 28.7 Å². The Morgan fingerprint density at radius 2 is 1.88 bits per heavy atom. The number of nitrogens with one attached hydrogen (secondary N) is 1. The first-order valence-electron chi connectivity index (χ1n) is 10.3. The first kappa shape index (κ1) is 21.3. The van der Waals surface area contributed by atoms with E-state index in [0.29, 0.717) is 16.8 Å². The van der Waals surface area contributed by atoms with Crippen molar-refractivity contribution in [3.05, 3.63) is 84.2 Å². The third-order valence-corrected chi connectivity index (χ3v) is 6.86. The number of carbonyl (C=O) groups excluding carboxylic acids is 1. The topological polar surface area (TPSA) is 85.6 Å². The molecule has 1 N–H and O–H groups in total. The Bertz CT molecular complexity index is 1400. The van der Waals surface area contributed by atoms with Gasteiger partial charge >= 0.3 is 0 Å². The van der Waals surface area contributed by atoms with Crippen molar-refractivity contribution in [1.82, 2.24) is 24.7 Å². The molecule has 5 rings (SSSR count). The summed E-state index contributed by atoms with van der Waals surface area (Å²) in [6, 6.07) is 20.0. The molecule has 3 heterocycles. The van der Waals surface area contributed by atoms with E-state index in [1.807, 2.05) is 54.0 Å². The largest absolute Gasteiger partial charge is 0.301 e. The highest BCUT2D eigenvalue weighted by atomic mass is 32.2. The minimum Gasteiger partial charge on any atom is -0.301 e. The Kier molecular flexibility index (Phi) is 6.14. The Balaban J connectivity index is 1.33. The molecule has 0 radical (unpaired) electrons. The lowest BCUT2D eigenvalue weighted by Gasteiger charge is -2.10. The van der Waals surface area contributed by atoms with Crippen LogP contribution in [-0.2, 0) is 11.3 Å². The molecule has 0 aliphatic heterocycles. The quantitative estimate of drug-likeness (QED) is 0.334. The standard InChI is InChI=1S/C24H20N6OS2/c1-16-7-8-19-20(13-16)33-23(26-19)27-21(31)15-32-24-29-28-22(18-9-11-25-12-10-18)30(24)14-17-5-3-2-4-6-17/h2-13H,14-15H2,1H3,(H,26,27,31). The Morgan fingerprint density at radius 1 is 1.06 bits per heavy atom. The smallest absolute Gasteiger partial charge is 0.236 e. The van der Waals surface area contributed by atoms with Crippen molar-refractivity contribution in [1.29, 1.82) is 0 Å². The van der Waals surface area contributed by atoms with E-state index in [0.717, 1.165) is 27.2 Å². The second kappa shape index (κ2) is 9.51. The minimum atomic E-state index is -0.129. The van der Waals surface area contributed by atoms with Gasteiger partial charge in [0.25, 0.3) is 0 Å². The van der Waals surface area contributed by atoms with E-state index >= 15 is 0 Å². The summed E-state index contributed by atoms with van der Waals surface area (Å²) in [5.41, 5.74) is 4.11. The van der Waals surface area contributed by atoms with Crippen molar-refractivity contribution in [2.75, 3.05) is 11.1 Å². The summed E-state index contributed by atoms with van der Waals surface area (Å²) in [4.78, 5) is 21.2. The van der Waals surface area contributed by atoms with Gasteiger partial charge in [0.2, 0.25) is 5.91 Å². The van der Waals surface area contributed by atoms with Gasteiger partial charge < -0.3 is 5.32 Å². The maximum Gasteiger partial charge on any atom is 0.236 e. The molecule has 0 saturated heterocycles. The highest BCUT2D eigenvalue weighted by Crippen LogP contribution is 2.28. The van der Waals surface area contributed by atoms with Gasteiger partial charge in [0.15, 0.2) is 16.1 Å². The van der Waals surface area contributed by atoms with Gasteiger partial charge in [-0.05, 0) is 42.3 Å². The number of anilines is 1. The number of rotatable bonds is 7. The molecule has 0 atom stereocenters. The van der Waals surface area contributed by atoms with E-state index in [9.17, 15) is 4.79 Å². The van der Waals surface area contributed by atoms with E-state index in [1.54, 1.807) is 12.4 Å². The number of pyridine rings is 1. The molecule has 0 bridgehead atoms. The number of benzene rings is 2. The van der Waals surface area contributed by atoms with E-state index < -0.39 is 0 Å². The number of thioether (sulfide) groups is 1. The summed E-state index contributed by atoms with van der Waals surface area (Å²) in [5.74, 6) is 0.819. The highest BCUT2D eigenvalue weighted by molar-refractivity contribution is 7.99. The summed E-state index contributed by atoms with van der Waals surface area (Å²) >= 11 is 2.83. The monoisotopic (exact) mass is 472 g/mol. The van der Waals surface area contributed by atoms with Crippen molar-refractivity contribution in [2.45, 2.75) is 18.6 Å². The van der Waals surface area contributed by atoms with Crippen molar-refractivity contribution in [3.63, 3.8) is 0 Å². The van der Waals surface area contributed by atoms with Crippen LogP contribution in [0.3, 0.4) is 0 Å². The molecule has 3 aromatic heterocycles. The lowest BCUT2D eigenvalue weighted by molar-refractivity contribution is -0.113. The van der Waals surface area contributed by atoms with Crippen LogP contribution in [0, 0.1) is 6.92 Å². The average molecular weight is 473 g/mol. The highest BCUT2D eigenvalue weighted by Gasteiger charge is 2.17. The number of hydrogen-bond donors (Lipinski definition) is 1. The number of amides is 1. The van der Waals surface area contributed by atoms with Gasteiger partial charge in [-0.3, -0.25) is 14.3 Å². The maximum atomic E-state index is 12.6. The van der Waals surface area contributed by atoms with Gasteiger partial charge in [-0.1, -0.05) is 59.5 Å². The van der Waals surface area contributed by atoms with Crippen molar-refractivity contribution < 1.29 is 4.79 Å². The Labute approximate surface area is 198 Å². The molecule has 9 heteroatoms. The zero-order chi connectivity index (χ0) is 22.6. The summed E-state index contributed by atoms with van der Waals surface area (Å²) in [6.07, 6.45) is 3.47. The molecule has 0 unspecified atom stereocenters. The molecule has 164 valence electrons. The molecule has 0 spiro atoms. The summed E-state index contributed by atoms with van der Waals surface area (Å²) in [6.45, 7) is 2.65. The number of thiazole rings is 1. The van der Waals surface area contributed by atoms with Crippen LogP contribution < -0.4 is 5.32 Å². The van der Waals surface area contributed by atoms with Crippen LogP contribution in [0.2, 0.25) is 0 Å². The number of carbonyl (C=O) groups is 1. The molecule has 33 heavy (non-hydrogen) atoms. The number of fused-ring (bicyclic) bond motifs is 1. The van der Waals surface area contributed by atoms with Gasteiger partial charge in [0.1, 0.15) is 0 Å². The van der Waals surface area contributed by atoms with Gasteiger partial charge in [0.05, 0.1) is 22.5 Å². The second-order valence-corrected chi connectivity index (χ2v) is 9.41. The van der Waals surface area contributed by atoms with Crippen LogP contribution in [-0.4, -0.2) is 36.4 Å². The molecule has 0 fully saturated rings. The number of nitrogens with zero attached hydrogens (tertiary/aromatic N) is 5. The number of hydrogen-bond acceptors (Lipinski definition) is 7. The SMILES string of the molecule is Cc1ccc2nc(NC(=O)CSc3nnc(-c4ccncc4)n3Cc3ccccc3)sc2c1. The zero-order valence-electron chi connectivity index (χ0n) is 17.8. The third kappa shape index (κ3) is 4.94. The maximum absolute atomic E-state index is 12.6. The summed E-state index contributed by atoms with van der Waals surface area (Å²) < 4.78 is 3.09. The van der Waals surface area contributed by atoms with Crippen LogP contribution in [0.25, 0.3) is 21.6 Å². The molecule has 0 aliphatic carbocycles. The van der Waals surface area contributed by atoms with Crippen LogP contribution >= 0.6 is 23.1 Å². The first-order chi connectivity index (χ1) is 16.2. The number of aryl methyl sites for hydroxylation is 1. The normalized spacial score (nSPS) is 11.1. The predicted octanol–water partition coefficient (Wildman–Crippen LogP) is 5.04. The zero-order valence-corrected chi connectivity index (χ0v) is 19.4. The molecule has 2 aromatic carbocycles. The Morgan fingerprint density at radius 3 is 2.70 bits per heavy atom. The molecule has 7 nitrogen and oxygen atoms in total. The average Bonchev–Trinajstić information content (AvgIpc) is 3.42. The molecular weight excluding hydrogens is 452 g/mol. The molecular formula is C24H20N6OS2. The van der Waals surface area contributed by atoms with Crippen molar-refractivity contribution >= 4 is 44.4 Å². The predicted molar refractivity (Wildman–Crippen MR) is 133 cm³/mol. The van der Waals surface area contributed by atoms with Crippen LogP contribution in [0.15, 0.2) is 78.2 Å². The minimum absolute atomic E-state index is 0.129. The molecule has 5 aromatic rings. The number of aromatic nitrogens is 5. The van der Waals surface area contributed by atoms with Crippen LogP contribution in [0.4, 0.5) is 5.13 Å². The fourth-order valence-electron chi connectivity index (χ4n) is 3.39.